The number of rotatable bonds is 6. The van der Waals surface area contributed by atoms with E-state index in [-0.39, 0.29) is 0 Å². The lowest BCUT2D eigenvalue weighted by atomic mass is 9.78. The summed E-state index contributed by atoms with van der Waals surface area (Å²) >= 11 is 0. The van der Waals surface area contributed by atoms with Crippen molar-refractivity contribution >= 4 is 5.96 Å². The largest absolute Gasteiger partial charge is 0.356 e. The second kappa shape index (κ2) is 8.37. The van der Waals surface area contributed by atoms with Crippen molar-refractivity contribution in [3.8, 4) is 0 Å². The zero-order chi connectivity index (χ0) is 16.7. The van der Waals surface area contributed by atoms with E-state index in [9.17, 15) is 0 Å². The van der Waals surface area contributed by atoms with Gasteiger partial charge in [0.25, 0.3) is 0 Å². The Morgan fingerprint density at radius 2 is 2.30 bits per heavy atom. The number of likely N-dealkylation sites (tertiary alicyclic amines) is 1. The van der Waals surface area contributed by atoms with Gasteiger partial charge in [0.05, 0.1) is 6.20 Å². The van der Waals surface area contributed by atoms with Gasteiger partial charge in [0.15, 0.2) is 5.96 Å². The average molecular weight is 319 g/mol. The highest BCUT2D eigenvalue weighted by molar-refractivity contribution is 5.80. The van der Waals surface area contributed by atoms with Crippen LogP contribution in [0, 0.1) is 5.41 Å². The van der Waals surface area contributed by atoms with Crippen LogP contribution < -0.4 is 5.32 Å². The lowest BCUT2D eigenvalue weighted by Crippen LogP contribution is -2.50. The van der Waals surface area contributed by atoms with E-state index in [4.69, 9.17) is 0 Å². The van der Waals surface area contributed by atoms with E-state index in [1.54, 1.807) is 0 Å². The fourth-order valence-corrected chi connectivity index (χ4v) is 3.73. The van der Waals surface area contributed by atoms with Crippen LogP contribution in [0.4, 0.5) is 0 Å². The third-order valence-corrected chi connectivity index (χ3v) is 4.83. The number of hydrogen-bond donors (Lipinski definition) is 1. The molecule has 2 rings (SSSR count). The Balaban J connectivity index is 1.78. The van der Waals surface area contributed by atoms with Crippen LogP contribution in [0.3, 0.4) is 0 Å². The molecule has 1 aromatic heterocycles. The number of piperidine rings is 1. The topological polar surface area (TPSA) is 45.4 Å². The Labute approximate surface area is 141 Å². The molecule has 1 atom stereocenters. The maximum absolute atomic E-state index is 4.50. The van der Waals surface area contributed by atoms with Crippen LogP contribution in [0.1, 0.15) is 51.5 Å². The van der Waals surface area contributed by atoms with Gasteiger partial charge in [0.1, 0.15) is 0 Å². The van der Waals surface area contributed by atoms with Gasteiger partial charge in [0.2, 0.25) is 0 Å². The van der Waals surface area contributed by atoms with Crippen LogP contribution in [0.2, 0.25) is 0 Å². The summed E-state index contributed by atoms with van der Waals surface area (Å²) in [4.78, 5) is 6.95. The molecule has 1 aromatic rings. The van der Waals surface area contributed by atoms with E-state index in [2.05, 4.69) is 40.4 Å². The molecule has 1 aliphatic rings. The van der Waals surface area contributed by atoms with Crippen LogP contribution in [-0.2, 0) is 13.5 Å². The zero-order valence-electron chi connectivity index (χ0n) is 15.3. The third-order valence-electron chi connectivity index (χ3n) is 4.83. The molecule has 1 aliphatic heterocycles. The minimum Gasteiger partial charge on any atom is -0.356 e. The number of hydrogen-bond acceptors (Lipinski definition) is 2. The minimum atomic E-state index is 0.445. The molecule has 0 bridgehead atoms. The van der Waals surface area contributed by atoms with Crippen LogP contribution in [0.5, 0.6) is 0 Å². The third kappa shape index (κ3) is 5.26. The first-order valence-corrected chi connectivity index (χ1v) is 8.99. The van der Waals surface area contributed by atoms with Gasteiger partial charge >= 0.3 is 0 Å². The highest BCUT2D eigenvalue weighted by Gasteiger charge is 2.31. The number of aromatic nitrogens is 2. The van der Waals surface area contributed by atoms with Crippen molar-refractivity contribution in [3.63, 3.8) is 0 Å². The molecule has 0 aliphatic carbocycles. The maximum atomic E-state index is 4.50. The van der Waals surface area contributed by atoms with Crippen molar-refractivity contribution in [2.45, 2.75) is 52.4 Å². The molecule has 0 saturated carbocycles. The fourth-order valence-electron chi connectivity index (χ4n) is 3.73. The summed E-state index contributed by atoms with van der Waals surface area (Å²) in [5, 5.41) is 7.76. The van der Waals surface area contributed by atoms with Gasteiger partial charge in [-0.05, 0) is 43.1 Å². The number of nitrogens with zero attached hydrogens (tertiary/aromatic N) is 4. The van der Waals surface area contributed by atoms with E-state index < -0.39 is 0 Å². The Kier molecular flexibility index (Phi) is 6.48. The number of guanidine groups is 1. The SMILES string of the molecule is CCCC1(C)CCCN(C(=NC)NCCCc2cnn(C)c2)C1. The second-order valence-corrected chi connectivity index (χ2v) is 7.19. The van der Waals surface area contributed by atoms with Crippen molar-refractivity contribution in [2.75, 3.05) is 26.7 Å². The molecule has 2 heterocycles. The van der Waals surface area contributed by atoms with E-state index in [0.29, 0.717) is 5.41 Å². The summed E-state index contributed by atoms with van der Waals surface area (Å²) < 4.78 is 1.87. The monoisotopic (exact) mass is 319 g/mol. The van der Waals surface area contributed by atoms with Gasteiger partial charge < -0.3 is 10.2 Å². The number of aliphatic imine (C=N–C) groups is 1. The molecule has 0 aromatic carbocycles. The van der Waals surface area contributed by atoms with Gasteiger partial charge in [-0.1, -0.05) is 20.3 Å². The molecule has 0 spiro atoms. The summed E-state index contributed by atoms with van der Waals surface area (Å²) in [6.45, 7) is 7.93. The maximum Gasteiger partial charge on any atom is 0.193 e. The summed E-state index contributed by atoms with van der Waals surface area (Å²) in [6.07, 6.45) is 11.4. The second-order valence-electron chi connectivity index (χ2n) is 7.19. The predicted molar refractivity (Wildman–Crippen MR) is 96.7 cm³/mol. The Bertz CT molecular complexity index is 503. The Hall–Kier alpha value is -1.52. The zero-order valence-corrected chi connectivity index (χ0v) is 15.3. The smallest absolute Gasteiger partial charge is 0.193 e. The number of nitrogens with one attached hydrogen (secondary N) is 1. The molecule has 1 N–H and O–H groups in total. The van der Waals surface area contributed by atoms with Crippen LogP contribution >= 0.6 is 0 Å². The van der Waals surface area contributed by atoms with Gasteiger partial charge in [0, 0.05) is 39.9 Å². The predicted octanol–water partition coefficient (Wildman–Crippen LogP) is 2.83. The van der Waals surface area contributed by atoms with E-state index in [0.717, 1.165) is 38.4 Å². The molecule has 1 saturated heterocycles. The minimum absolute atomic E-state index is 0.445. The molecule has 1 fully saturated rings. The van der Waals surface area contributed by atoms with Crippen LogP contribution in [0.25, 0.3) is 0 Å². The molecule has 23 heavy (non-hydrogen) atoms. The van der Waals surface area contributed by atoms with E-state index in [1.165, 1.54) is 31.2 Å². The molecule has 5 heteroatoms. The van der Waals surface area contributed by atoms with Crippen LogP contribution in [0.15, 0.2) is 17.4 Å². The van der Waals surface area contributed by atoms with Crippen molar-refractivity contribution in [1.82, 2.24) is 20.0 Å². The Morgan fingerprint density at radius 3 is 2.96 bits per heavy atom. The quantitative estimate of drug-likeness (QED) is 0.498. The summed E-state index contributed by atoms with van der Waals surface area (Å²) in [5.74, 6) is 1.07. The summed E-state index contributed by atoms with van der Waals surface area (Å²) in [6, 6.07) is 0. The van der Waals surface area contributed by atoms with E-state index in [1.807, 2.05) is 25.0 Å². The lowest BCUT2D eigenvalue weighted by molar-refractivity contribution is 0.142. The Morgan fingerprint density at radius 1 is 1.48 bits per heavy atom. The molecular weight excluding hydrogens is 286 g/mol. The molecule has 1 unspecified atom stereocenters. The number of aryl methyl sites for hydroxylation is 2. The van der Waals surface area contributed by atoms with Crippen molar-refractivity contribution in [3.05, 3.63) is 18.0 Å². The van der Waals surface area contributed by atoms with Crippen molar-refractivity contribution in [2.24, 2.45) is 17.5 Å². The van der Waals surface area contributed by atoms with Gasteiger partial charge in [-0.15, -0.1) is 0 Å². The van der Waals surface area contributed by atoms with Gasteiger partial charge in [-0.25, -0.2) is 0 Å². The highest BCUT2D eigenvalue weighted by Crippen LogP contribution is 2.33. The first-order chi connectivity index (χ1) is 11.1. The first kappa shape index (κ1) is 17.8. The fraction of sp³-hybridized carbons (Fsp3) is 0.778. The summed E-state index contributed by atoms with van der Waals surface area (Å²) in [5.41, 5.74) is 1.75. The van der Waals surface area contributed by atoms with Crippen molar-refractivity contribution in [1.29, 1.82) is 0 Å². The molecule has 5 nitrogen and oxygen atoms in total. The van der Waals surface area contributed by atoms with Crippen molar-refractivity contribution < 1.29 is 0 Å². The highest BCUT2D eigenvalue weighted by atomic mass is 15.3. The lowest BCUT2D eigenvalue weighted by Gasteiger charge is -2.42. The normalized spacial score (nSPS) is 22.4. The summed E-state index contributed by atoms with van der Waals surface area (Å²) in [7, 11) is 3.86. The van der Waals surface area contributed by atoms with Gasteiger partial charge in [-0.3, -0.25) is 9.67 Å². The molecule has 0 radical (unpaired) electrons. The first-order valence-electron chi connectivity index (χ1n) is 8.99. The standard InChI is InChI=1S/C18H33N5/c1-5-9-18(2)10-7-12-23(15-18)17(19-3)20-11-6-8-16-13-21-22(4)14-16/h13-14H,5-12,15H2,1-4H3,(H,19,20). The van der Waals surface area contributed by atoms with E-state index >= 15 is 0 Å². The average Bonchev–Trinajstić information content (AvgIpc) is 2.93. The van der Waals surface area contributed by atoms with Gasteiger partial charge in [-0.2, -0.15) is 5.10 Å². The molecule has 0 amide bonds. The van der Waals surface area contributed by atoms with Crippen LogP contribution in [-0.4, -0.2) is 47.3 Å². The molecule has 130 valence electrons. The molecular formula is C18H33N5.